The number of hydrogen-bond donors (Lipinski definition) is 1. The lowest BCUT2D eigenvalue weighted by Crippen LogP contribution is -2.25. The lowest BCUT2D eigenvalue weighted by Gasteiger charge is -2.08. The van der Waals surface area contributed by atoms with E-state index in [1.165, 1.54) is 36.4 Å². The van der Waals surface area contributed by atoms with Gasteiger partial charge in [-0.25, -0.2) is 0 Å². The molecular formula is C19H15F3N2O4. The van der Waals surface area contributed by atoms with Gasteiger partial charge in [0, 0.05) is 12.1 Å². The number of halogens is 3. The molecule has 0 spiro atoms. The molecule has 6 nitrogen and oxygen atoms in total. The molecule has 0 saturated heterocycles. The molecule has 0 heterocycles. The minimum atomic E-state index is -4.45. The quantitative estimate of drug-likeness (QED) is 0.464. The Morgan fingerprint density at radius 1 is 1.14 bits per heavy atom. The summed E-state index contributed by atoms with van der Waals surface area (Å²) in [5.74, 6) is 4.94. The van der Waals surface area contributed by atoms with E-state index in [1.54, 1.807) is 0 Å². The number of nitrogens with zero attached hydrogens (tertiary/aromatic N) is 1. The number of benzene rings is 2. The molecule has 1 N–H and O–H groups in total. The Morgan fingerprint density at radius 3 is 2.50 bits per heavy atom. The Balaban J connectivity index is 1.73. The number of carbonyl (C=O) groups is 1. The Kier molecular flexibility index (Phi) is 6.98. The maximum Gasteiger partial charge on any atom is 0.416 e. The summed E-state index contributed by atoms with van der Waals surface area (Å²) in [7, 11) is 0. The summed E-state index contributed by atoms with van der Waals surface area (Å²) >= 11 is 0. The van der Waals surface area contributed by atoms with Gasteiger partial charge in [0.1, 0.15) is 12.4 Å². The van der Waals surface area contributed by atoms with Crippen LogP contribution < -0.4 is 10.1 Å². The lowest BCUT2D eigenvalue weighted by molar-refractivity contribution is -0.384. The summed E-state index contributed by atoms with van der Waals surface area (Å²) in [4.78, 5) is 21.8. The minimum absolute atomic E-state index is 0.0394. The van der Waals surface area contributed by atoms with Crippen molar-refractivity contribution in [2.45, 2.75) is 12.6 Å². The predicted octanol–water partition coefficient (Wildman–Crippen LogP) is 3.35. The molecule has 9 heteroatoms. The molecule has 0 atom stereocenters. The first-order valence-corrected chi connectivity index (χ1v) is 8.01. The van der Waals surface area contributed by atoms with Gasteiger partial charge >= 0.3 is 6.18 Å². The van der Waals surface area contributed by atoms with Crippen LogP contribution in [-0.2, 0) is 17.4 Å². The van der Waals surface area contributed by atoms with Gasteiger partial charge in [-0.05, 0) is 23.8 Å². The summed E-state index contributed by atoms with van der Waals surface area (Å²) in [6, 6.07) is 10.1. The fraction of sp³-hybridized carbons (Fsp3) is 0.211. The topological polar surface area (TPSA) is 81.5 Å². The van der Waals surface area contributed by atoms with Crippen LogP contribution in [0.5, 0.6) is 5.75 Å². The molecule has 2 aromatic carbocycles. The van der Waals surface area contributed by atoms with Crippen molar-refractivity contribution in [3.63, 3.8) is 0 Å². The number of rotatable bonds is 6. The molecule has 0 aliphatic rings. The number of non-ortho nitro benzene ring substituents is 1. The minimum Gasteiger partial charge on any atom is -0.481 e. The van der Waals surface area contributed by atoms with Gasteiger partial charge in [0.15, 0.2) is 0 Å². The Bertz CT molecular complexity index is 900. The zero-order valence-corrected chi connectivity index (χ0v) is 14.5. The highest BCUT2D eigenvalue weighted by Crippen LogP contribution is 2.31. The molecule has 2 aromatic rings. The van der Waals surface area contributed by atoms with Crippen LogP contribution >= 0.6 is 0 Å². The van der Waals surface area contributed by atoms with Gasteiger partial charge < -0.3 is 10.1 Å². The van der Waals surface area contributed by atoms with E-state index in [2.05, 4.69) is 17.2 Å². The first-order chi connectivity index (χ1) is 13.3. The second-order valence-electron chi connectivity index (χ2n) is 5.54. The molecule has 1 amide bonds. The number of hydrogen-bond acceptors (Lipinski definition) is 4. The van der Waals surface area contributed by atoms with E-state index in [0.717, 1.165) is 12.1 Å². The second-order valence-corrected chi connectivity index (χ2v) is 5.54. The number of carbonyl (C=O) groups excluding carboxylic acids is 1. The Morgan fingerprint density at radius 2 is 1.86 bits per heavy atom. The third-order valence-corrected chi connectivity index (χ3v) is 3.48. The number of nitrogens with one attached hydrogen (secondary N) is 1. The van der Waals surface area contributed by atoms with Crippen LogP contribution in [-0.4, -0.2) is 24.0 Å². The Labute approximate surface area is 158 Å². The molecule has 0 bridgehead atoms. The molecule has 0 saturated carbocycles. The molecule has 146 valence electrons. The van der Waals surface area contributed by atoms with Gasteiger partial charge in [-0.1, -0.05) is 30.0 Å². The zero-order chi connectivity index (χ0) is 20.6. The first-order valence-electron chi connectivity index (χ1n) is 8.01. The maximum atomic E-state index is 12.6. The van der Waals surface area contributed by atoms with Crippen LogP contribution in [0, 0.1) is 22.0 Å². The monoisotopic (exact) mass is 392 g/mol. The summed E-state index contributed by atoms with van der Waals surface area (Å²) in [5, 5.41) is 13.1. The third-order valence-electron chi connectivity index (χ3n) is 3.48. The maximum absolute atomic E-state index is 12.6. The predicted molar refractivity (Wildman–Crippen MR) is 94.5 cm³/mol. The van der Waals surface area contributed by atoms with E-state index in [-0.39, 0.29) is 36.9 Å². The van der Waals surface area contributed by atoms with E-state index in [0.29, 0.717) is 5.56 Å². The molecule has 0 aromatic heterocycles. The van der Waals surface area contributed by atoms with E-state index in [1.807, 2.05) is 0 Å². The number of nitro groups is 1. The average molecular weight is 392 g/mol. The summed E-state index contributed by atoms with van der Waals surface area (Å²) < 4.78 is 42.9. The van der Waals surface area contributed by atoms with Crippen LogP contribution in [0.2, 0.25) is 0 Å². The van der Waals surface area contributed by atoms with Gasteiger partial charge in [0.25, 0.3) is 5.69 Å². The Hall–Kier alpha value is -3.54. The first kappa shape index (κ1) is 20.8. The van der Waals surface area contributed by atoms with Crippen molar-refractivity contribution < 1.29 is 27.6 Å². The standard InChI is InChI=1S/C19H15F3N2O4/c20-19(21,22)15-4-3-5-17(13-15)28-11-2-1-10-23-18(25)12-14-6-8-16(9-7-14)24(26)27/h3-9,13H,10-12H2,(H,23,25). The van der Waals surface area contributed by atoms with Gasteiger partial charge in [0.2, 0.25) is 5.91 Å². The summed E-state index contributed by atoms with van der Waals surface area (Å²) in [6.07, 6.45) is -4.40. The average Bonchev–Trinajstić information content (AvgIpc) is 2.64. The van der Waals surface area contributed by atoms with Crippen molar-refractivity contribution in [2.75, 3.05) is 13.2 Å². The number of amides is 1. The smallest absolute Gasteiger partial charge is 0.416 e. The van der Waals surface area contributed by atoms with Crippen molar-refractivity contribution in [1.82, 2.24) is 5.32 Å². The SMILES string of the molecule is O=C(Cc1ccc([N+](=O)[O-])cc1)NCC#CCOc1cccc(C(F)(F)F)c1. The fourth-order valence-corrected chi connectivity index (χ4v) is 2.12. The third kappa shape index (κ3) is 6.64. The summed E-state index contributed by atoms with van der Waals surface area (Å²) in [6.45, 7) is -0.0860. The number of alkyl halides is 3. The highest BCUT2D eigenvalue weighted by atomic mass is 19.4. The van der Waals surface area contributed by atoms with E-state index < -0.39 is 16.7 Å². The van der Waals surface area contributed by atoms with Gasteiger partial charge in [-0.2, -0.15) is 13.2 Å². The number of nitro benzene ring substituents is 1. The normalized spacial score (nSPS) is 10.5. The van der Waals surface area contributed by atoms with Crippen molar-refractivity contribution in [3.05, 3.63) is 69.8 Å². The molecule has 0 unspecified atom stereocenters. The molecule has 28 heavy (non-hydrogen) atoms. The highest BCUT2D eigenvalue weighted by molar-refractivity contribution is 5.78. The lowest BCUT2D eigenvalue weighted by atomic mass is 10.1. The largest absolute Gasteiger partial charge is 0.481 e. The highest BCUT2D eigenvalue weighted by Gasteiger charge is 2.30. The zero-order valence-electron chi connectivity index (χ0n) is 14.5. The van der Waals surface area contributed by atoms with Crippen LogP contribution in [0.4, 0.5) is 18.9 Å². The summed E-state index contributed by atoms with van der Waals surface area (Å²) in [5.41, 5.74) is -0.254. The van der Waals surface area contributed by atoms with Crippen molar-refractivity contribution >= 4 is 11.6 Å². The molecule has 0 aliphatic carbocycles. The van der Waals surface area contributed by atoms with Crippen molar-refractivity contribution in [2.24, 2.45) is 0 Å². The molecule has 0 radical (unpaired) electrons. The molecular weight excluding hydrogens is 377 g/mol. The van der Waals surface area contributed by atoms with E-state index >= 15 is 0 Å². The van der Waals surface area contributed by atoms with Crippen LogP contribution in [0.1, 0.15) is 11.1 Å². The van der Waals surface area contributed by atoms with Crippen LogP contribution in [0.15, 0.2) is 48.5 Å². The second kappa shape index (κ2) is 9.41. The van der Waals surface area contributed by atoms with Crippen molar-refractivity contribution in [3.8, 4) is 17.6 Å². The molecule has 2 rings (SSSR count). The van der Waals surface area contributed by atoms with E-state index in [9.17, 15) is 28.1 Å². The van der Waals surface area contributed by atoms with Crippen LogP contribution in [0.25, 0.3) is 0 Å². The van der Waals surface area contributed by atoms with Gasteiger partial charge in [-0.3, -0.25) is 14.9 Å². The van der Waals surface area contributed by atoms with Crippen LogP contribution in [0.3, 0.4) is 0 Å². The van der Waals surface area contributed by atoms with Crippen molar-refractivity contribution in [1.29, 1.82) is 0 Å². The van der Waals surface area contributed by atoms with E-state index in [4.69, 9.17) is 4.74 Å². The number of ether oxygens (including phenoxy) is 1. The van der Waals surface area contributed by atoms with Gasteiger partial charge in [0.05, 0.1) is 23.5 Å². The van der Waals surface area contributed by atoms with Gasteiger partial charge in [-0.15, -0.1) is 0 Å². The fourth-order valence-electron chi connectivity index (χ4n) is 2.12. The molecule has 0 fully saturated rings. The molecule has 0 aliphatic heterocycles.